The Morgan fingerprint density at radius 3 is 2.68 bits per heavy atom. The van der Waals surface area contributed by atoms with Gasteiger partial charge in [0.25, 0.3) is 5.91 Å². The van der Waals surface area contributed by atoms with E-state index in [0.717, 1.165) is 5.69 Å². The van der Waals surface area contributed by atoms with Crippen LogP contribution in [0.15, 0.2) is 30.6 Å². The highest BCUT2D eigenvalue weighted by Gasteiger charge is 2.10. The Balaban J connectivity index is 2.05. The zero-order chi connectivity index (χ0) is 16.1. The number of halogens is 1. The van der Waals surface area contributed by atoms with Crippen LogP contribution in [0.5, 0.6) is 5.75 Å². The van der Waals surface area contributed by atoms with E-state index in [2.05, 4.69) is 29.1 Å². The molecule has 0 saturated heterocycles. The number of anilines is 1. The van der Waals surface area contributed by atoms with Crippen LogP contribution >= 0.6 is 11.6 Å². The van der Waals surface area contributed by atoms with Crippen molar-refractivity contribution >= 4 is 23.2 Å². The standard InChI is InChI=1S/C16H18ClN3O2/c1-10(2)9-22-15-5-4-12(6-13(15)17)20-16(21)14-8-18-11(3)7-19-14/h4-8,10H,9H2,1-3H3,(H,20,21). The number of nitrogens with one attached hydrogen (secondary N) is 1. The van der Waals surface area contributed by atoms with E-state index < -0.39 is 0 Å². The number of hydrogen-bond acceptors (Lipinski definition) is 4. The van der Waals surface area contributed by atoms with Gasteiger partial charge < -0.3 is 10.1 Å². The average Bonchev–Trinajstić information content (AvgIpc) is 2.47. The van der Waals surface area contributed by atoms with Gasteiger partial charge in [-0.05, 0) is 31.0 Å². The molecule has 2 aromatic rings. The minimum atomic E-state index is -0.334. The SMILES string of the molecule is Cc1cnc(C(=O)Nc2ccc(OCC(C)C)c(Cl)c2)cn1. The van der Waals surface area contributed by atoms with Crippen molar-refractivity contribution in [1.29, 1.82) is 0 Å². The van der Waals surface area contributed by atoms with Gasteiger partial charge in [0.2, 0.25) is 0 Å². The van der Waals surface area contributed by atoms with Crippen LogP contribution in [0.3, 0.4) is 0 Å². The molecule has 0 atom stereocenters. The molecule has 5 nitrogen and oxygen atoms in total. The van der Waals surface area contributed by atoms with Gasteiger partial charge in [-0.25, -0.2) is 4.98 Å². The van der Waals surface area contributed by atoms with E-state index in [9.17, 15) is 4.79 Å². The summed E-state index contributed by atoms with van der Waals surface area (Å²) in [7, 11) is 0. The van der Waals surface area contributed by atoms with E-state index >= 15 is 0 Å². The van der Waals surface area contributed by atoms with Crippen LogP contribution in [0.2, 0.25) is 5.02 Å². The second-order valence-electron chi connectivity index (χ2n) is 5.35. The van der Waals surface area contributed by atoms with Crippen LogP contribution in [0.25, 0.3) is 0 Å². The number of amides is 1. The van der Waals surface area contributed by atoms with Crippen molar-refractivity contribution in [3.8, 4) is 5.75 Å². The smallest absolute Gasteiger partial charge is 0.275 e. The van der Waals surface area contributed by atoms with Crippen molar-refractivity contribution < 1.29 is 9.53 Å². The maximum absolute atomic E-state index is 12.0. The first-order valence-electron chi connectivity index (χ1n) is 6.98. The number of carbonyl (C=O) groups is 1. The highest BCUT2D eigenvalue weighted by Crippen LogP contribution is 2.28. The van der Waals surface area contributed by atoms with Crippen molar-refractivity contribution in [2.24, 2.45) is 5.92 Å². The third-order valence-corrected chi connectivity index (χ3v) is 3.07. The fraction of sp³-hybridized carbons (Fsp3) is 0.312. The lowest BCUT2D eigenvalue weighted by atomic mass is 10.2. The minimum absolute atomic E-state index is 0.252. The van der Waals surface area contributed by atoms with E-state index in [1.54, 1.807) is 24.4 Å². The first-order valence-corrected chi connectivity index (χ1v) is 7.36. The summed E-state index contributed by atoms with van der Waals surface area (Å²) in [6, 6.07) is 5.12. The summed E-state index contributed by atoms with van der Waals surface area (Å²) >= 11 is 6.16. The molecule has 0 radical (unpaired) electrons. The number of hydrogen-bond donors (Lipinski definition) is 1. The van der Waals surface area contributed by atoms with Crippen LogP contribution in [0, 0.1) is 12.8 Å². The van der Waals surface area contributed by atoms with E-state index in [1.807, 2.05) is 6.92 Å². The lowest BCUT2D eigenvalue weighted by molar-refractivity contribution is 0.102. The van der Waals surface area contributed by atoms with Crippen LogP contribution < -0.4 is 10.1 Å². The molecule has 0 aliphatic heterocycles. The highest BCUT2D eigenvalue weighted by atomic mass is 35.5. The zero-order valence-corrected chi connectivity index (χ0v) is 13.5. The second kappa shape index (κ2) is 7.22. The van der Waals surface area contributed by atoms with Gasteiger partial charge in [-0.15, -0.1) is 0 Å². The van der Waals surface area contributed by atoms with Gasteiger partial charge in [-0.2, -0.15) is 0 Å². The fourth-order valence-electron chi connectivity index (χ4n) is 1.66. The summed E-state index contributed by atoms with van der Waals surface area (Å²) < 4.78 is 5.59. The summed E-state index contributed by atoms with van der Waals surface area (Å²) in [5, 5.41) is 3.18. The molecular weight excluding hydrogens is 302 g/mol. The summed E-state index contributed by atoms with van der Waals surface area (Å²) in [6.07, 6.45) is 2.98. The average molecular weight is 320 g/mol. The molecular formula is C16H18ClN3O2. The monoisotopic (exact) mass is 319 g/mol. The number of benzene rings is 1. The van der Waals surface area contributed by atoms with Gasteiger partial charge in [-0.1, -0.05) is 25.4 Å². The maximum atomic E-state index is 12.0. The molecule has 22 heavy (non-hydrogen) atoms. The molecule has 6 heteroatoms. The number of rotatable bonds is 5. The number of ether oxygens (including phenoxy) is 1. The summed E-state index contributed by atoms with van der Waals surface area (Å²) in [6.45, 7) is 6.52. The highest BCUT2D eigenvalue weighted by molar-refractivity contribution is 6.32. The van der Waals surface area contributed by atoms with Crippen molar-refractivity contribution in [2.45, 2.75) is 20.8 Å². The van der Waals surface area contributed by atoms with Crippen LogP contribution in [0.4, 0.5) is 5.69 Å². The first kappa shape index (κ1) is 16.2. The number of aryl methyl sites for hydroxylation is 1. The van der Waals surface area contributed by atoms with Crippen LogP contribution in [0.1, 0.15) is 30.0 Å². The Morgan fingerprint density at radius 2 is 2.09 bits per heavy atom. The van der Waals surface area contributed by atoms with Gasteiger partial charge in [0.1, 0.15) is 11.4 Å². The van der Waals surface area contributed by atoms with E-state index in [1.165, 1.54) is 6.20 Å². The zero-order valence-electron chi connectivity index (χ0n) is 12.8. The summed E-state index contributed by atoms with van der Waals surface area (Å²) in [5.41, 5.74) is 1.59. The number of aromatic nitrogens is 2. The van der Waals surface area contributed by atoms with Gasteiger partial charge in [0, 0.05) is 11.9 Å². The van der Waals surface area contributed by atoms with Crippen LogP contribution in [-0.2, 0) is 0 Å². The van der Waals surface area contributed by atoms with E-state index in [0.29, 0.717) is 29.0 Å². The Morgan fingerprint density at radius 1 is 1.32 bits per heavy atom. The Kier molecular flexibility index (Phi) is 5.33. The number of carbonyl (C=O) groups excluding carboxylic acids is 1. The van der Waals surface area contributed by atoms with Gasteiger partial charge in [0.05, 0.1) is 23.5 Å². The molecule has 1 amide bonds. The third-order valence-electron chi connectivity index (χ3n) is 2.78. The van der Waals surface area contributed by atoms with Crippen molar-refractivity contribution in [2.75, 3.05) is 11.9 Å². The molecule has 1 N–H and O–H groups in total. The Labute approximate surface area is 134 Å². The predicted molar refractivity (Wildman–Crippen MR) is 86.5 cm³/mol. The van der Waals surface area contributed by atoms with Gasteiger partial charge in [-0.3, -0.25) is 9.78 Å². The van der Waals surface area contributed by atoms with Crippen molar-refractivity contribution in [3.63, 3.8) is 0 Å². The quantitative estimate of drug-likeness (QED) is 0.912. The molecule has 1 aromatic carbocycles. The maximum Gasteiger partial charge on any atom is 0.275 e. The molecule has 0 spiro atoms. The van der Waals surface area contributed by atoms with E-state index in [-0.39, 0.29) is 11.6 Å². The second-order valence-corrected chi connectivity index (χ2v) is 5.75. The largest absolute Gasteiger partial charge is 0.492 e. The van der Waals surface area contributed by atoms with Crippen molar-refractivity contribution in [1.82, 2.24) is 9.97 Å². The fourth-order valence-corrected chi connectivity index (χ4v) is 1.89. The van der Waals surface area contributed by atoms with E-state index in [4.69, 9.17) is 16.3 Å². The molecule has 0 saturated carbocycles. The molecule has 0 aliphatic rings. The number of nitrogens with zero attached hydrogens (tertiary/aromatic N) is 2. The molecule has 0 unspecified atom stereocenters. The summed E-state index contributed by atoms with van der Waals surface area (Å²) in [5.74, 6) is 0.679. The molecule has 1 aromatic heterocycles. The normalized spacial score (nSPS) is 10.6. The molecule has 116 valence electrons. The predicted octanol–water partition coefficient (Wildman–Crippen LogP) is 3.73. The molecule has 0 aliphatic carbocycles. The molecule has 0 bridgehead atoms. The molecule has 1 heterocycles. The lowest BCUT2D eigenvalue weighted by Crippen LogP contribution is -2.14. The Bertz CT molecular complexity index is 657. The van der Waals surface area contributed by atoms with Gasteiger partial charge in [0.15, 0.2) is 0 Å². The van der Waals surface area contributed by atoms with Crippen molar-refractivity contribution in [3.05, 3.63) is 47.0 Å². The summed E-state index contributed by atoms with van der Waals surface area (Å²) in [4.78, 5) is 20.1. The molecule has 0 fully saturated rings. The minimum Gasteiger partial charge on any atom is -0.492 e. The topological polar surface area (TPSA) is 64.1 Å². The molecule has 2 rings (SSSR count). The Hall–Kier alpha value is -2.14. The first-order chi connectivity index (χ1) is 10.5. The van der Waals surface area contributed by atoms with Crippen LogP contribution in [-0.4, -0.2) is 22.5 Å². The third kappa shape index (κ3) is 4.43. The lowest BCUT2D eigenvalue weighted by Gasteiger charge is -2.11. The van der Waals surface area contributed by atoms with Gasteiger partial charge >= 0.3 is 0 Å².